The highest BCUT2D eigenvalue weighted by Crippen LogP contribution is 2.30. The van der Waals surface area contributed by atoms with Gasteiger partial charge >= 0.3 is 0 Å². The van der Waals surface area contributed by atoms with Crippen LogP contribution in [0.1, 0.15) is 24.6 Å². The number of rotatable bonds is 4. The average Bonchev–Trinajstić information content (AvgIpc) is 2.50. The Labute approximate surface area is 103 Å². The van der Waals surface area contributed by atoms with Gasteiger partial charge in [0, 0.05) is 29.0 Å². The van der Waals surface area contributed by atoms with Crippen molar-refractivity contribution in [3.8, 4) is 0 Å². The van der Waals surface area contributed by atoms with Crippen LogP contribution in [0, 0.1) is 0 Å². The molecule has 1 aromatic rings. The normalized spacial score (nSPS) is 20.2. The van der Waals surface area contributed by atoms with E-state index >= 15 is 0 Å². The van der Waals surface area contributed by atoms with Crippen molar-refractivity contribution < 1.29 is 5.11 Å². The highest BCUT2D eigenvalue weighted by atomic mass is 79.9. The van der Waals surface area contributed by atoms with E-state index in [1.807, 2.05) is 0 Å². The van der Waals surface area contributed by atoms with Crippen molar-refractivity contribution in [2.24, 2.45) is 0 Å². The van der Waals surface area contributed by atoms with E-state index in [9.17, 15) is 5.11 Å². The molecule has 2 nitrogen and oxygen atoms in total. The highest BCUT2D eigenvalue weighted by Gasteiger charge is 2.39. The maximum Gasteiger partial charge on any atom is 0.0900 e. The number of hydrogen-bond donors (Lipinski definition) is 1. The summed E-state index contributed by atoms with van der Waals surface area (Å²) in [6.45, 7) is 4.73. The molecular weight excluding hydrogens is 274 g/mol. The molecule has 1 saturated heterocycles. The van der Waals surface area contributed by atoms with Gasteiger partial charge in [-0.3, -0.25) is 4.90 Å². The summed E-state index contributed by atoms with van der Waals surface area (Å²) in [5.74, 6) is 0. The molecule has 0 spiro atoms. The third kappa shape index (κ3) is 2.61. The van der Waals surface area contributed by atoms with E-state index in [4.69, 9.17) is 0 Å². The topological polar surface area (TPSA) is 23.5 Å². The average molecular weight is 290 g/mol. The number of hydrogen-bond acceptors (Lipinski definition) is 3. The monoisotopic (exact) mass is 289 g/mol. The molecule has 4 heteroatoms. The Balaban J connectivity index is 1.83. The predicted octanol–water partition coefficient (Wildman–Crippen LogP) is 2.86. The van der Waals surface area contributed by atoms with Gasteiger partial charge in [0.15, 0.2) is 0 Å². The molecule has 15 heavy (non-hydrogen) atoms. The zero-order valence-electron chi connectivity index (χ0n) is 8.87. The van der Waals surface area contributed by atoms with Crippen LogP contribution >= 0.6 is 27.3 Å². The largest absolute Gasteiger partial charge is 0.387 e. The van der Waals surface area contributed by atoms with Gasteiger partial charge in [-0.2, -0.15) is 0 Å². The molecule has 0 saturated carbocycles. The molecule has 1 aromatic heterocycles. The summed E-state index contributed by atoms with van der Waals surface area (Å²) in [6.07, 6.45) is 1.99. The zero-order chi connectivity index (χ0) is 10.9. The maximum absolute atomic E-state index is 10.0. The number of thiophene rings is 1. The molecule has 1 N–H and O–H groups in total. The summed E-state index contributed by atoms with van der Waals surface area (Å²) in [6, 6.07) is 2.08. The van der Waals surface area contributed by atoms with Gasteiger partial charge in [0.05, 0.1) is 5.60 Å². The maximum atomic E-state index is 10.0. The van der Waals surface area contributed by atoms with Gasteiger partial charge in [-0.05, 0) is 33.8 Å². The number of likely N-dealkylation sites (tertiary alicyclic amines) is 1. The molecule has 0 bridgehead atoms. The van der Waals surface area contributed by atoms with Crippen molar-refractivity contribution in [1.82, 2.24) is 4.90 Å². The lowest BCUT2D eigenvalue weighted by Gasteiger charge is -2.46. The second-order valence-electron chi connectivity index (χ2n) is 4.31. The Bertz CT molecular complexity index is 333. The predicted molar refractivity (Wildman–Crippen MR) is 67.2 cm³/mol. The number of aliphatic hydroxyl groups is 1. The summed E-state index contributed by atoms with van der Waals surface area (Å²) in [4.78, 5) is 3.65. The molecule has 1 aliphatic rings. The van der Waals surface area contributed by atoms with E-state index in [0.717, 1.165) is 32.5 Å². The fraction of sp³-hybridized carbons (Fsp3) is 0.636. The molecule has 0 radical (unpaired) electrons. The first-order valence-corrected chi connectivity index (χ1v) is 6.97. The summed E-state index contributed by atoms with van der Waals surface area (Å²) in [5.41, 5.74) is -0.404. The zero-order valence-corrected chi connectivity index (χ0v) is 11.3. The van der Waals surface area contributed by atoms with Crippen LogP contribution in [0.3, 0.4) is 0 Å². The van der Waals surface area contributed by atoms with Crippen LogP contribution in [-0.4, -0.2) is 28.7 Å². The lowest BCUT2D eigenvalue weighted by Crippen LogP contribution is -2.60. The van der Waals surface area contributed by atoms with Gasteiger partial charge in [-0.25, -0.2) is 0 Å². The molecule has 0 aliphatic carbocycles. The minimum absolute atomic E-state index is 0.404. The third-order valence-corrected chi connectivity index (χ3v) is 4.72. The van der Waals surface area contributed by atoms with Crippen molar-refractivity contribution in [1.29, 1.82) is 0 Å². The van der Waals surface area contributed by atoms with Crippen molar-refractivity contribution in [3.05, 3.63) is 20.8 Å². The van der Waals surface area contributed by atoms with E-state index in [1.165, 1.54) is 9.35 Å². The van der Waals surface area contributed by atoms with Gasteiger partial charge in [-0.15, -0.1) is 11.3 Å². The van der Waals surface area contributed by atoms with Gasteiger partial charge in [0.25, 0.3) is 0 Å². The second kappa shape index (κ2) is 4.53. The number of β-amino-alcohol motifs (C(OH)–C–C–N with tert-alkyl or cyclic N) is 1. The summed E-state index contributed by atoms with van der Waals surface area (Å²) in [7, 11) is 0. The lowest BCUT2D eigenvalue weighted by molar-refractivity contribution is -0.106. The van der Waals surface area contributed by atoms with Crippen molar-refractivity contribution in [2.45, 2.75) is 31.9 Å². The fourth-order valence-electron chi connectivity index (χ4n) is 2.16. The van der Waals surface area contributed by atoms with Gasteiger partial charge < -0.3 is 5.11 Å². The Morgan fingerprint density at radius 1 is 1.60 bits per heavy atom. The molecule has 84 valence electrons. The van der Waals surface area contributed by atoms with Crippen LogP contribution in [0.2, 0.25) is 0 Å². The summed E-state index contributed by atoms with van der Waals surface area (Å²) >= 11 is 5.30. The Kier molecular flexibility index (Phi) is 3.50. The Hall–Kier alpha value is 0.100. The van der Waals surface area contributed by atoms with Gasteiger partial charge in [-0.1, -0.05) is 13.3 Å². The molecule has 1 aliphatic heterocycles. The van der Waals surface area contributed by atoms with Crippen molar-refractivity contribution in [3.63, 3.8) is 0 Å². The van der Waals surface area contributed by atoms with Crippen LogP contribution < -0.4 is 0 Å². The molecule has 0 aromatic carbocycles. The SMILES string of the molecule is CCCC1(O)CN(Cc2sccc2Br)C1. The lowest BCUT2D eigenvalue weighted by atomic mass is 9.89. The summed E-state index contributed by atoms with van der Waals surface area (Å²) < 4.78 is 1.19. The molecule has 0 unspecified atom stereocenters. The van der Waals surface area contributed by atoms with E-state index in [-0.39, 0.29) is 0 Å². The van der Waals surface area contributed by atoms with Crippen molar-refractivity contribution in [2.75, 3.05) is 13.1 Å². The molecule has 1 fully saturated rings. The fourth-order valence-corrected chi connectivity index (χ4v) is 3.68. The molecule has 2 rings (SSSR count). The van der Waals surface area contributed by atoms with Crippen LogP contribution in [0.4, 0.5) is 0 Å². The minimum atomic E-state index is -0.404. The van der Waals surface area contributed by atoms with Crippen LogP contribution in [0.25, 0.3) is 0 Å². The Morgan fingerprint density at radius 2 is 2.33 bits per heavy atom. The third-order valence-electron chi connectivity index (χ3n) is 2.81. The number of nitrogens with zero attached hydrogens (tertiary/aromatic N) is 1. The standard InChI is InChI=1S/C11H16BrNOS/c1-2-4-11(14)7-13(8-11)6-10-9(12)3-5-15-10/h3,5,14H,2,4,6-8H2,1H3. The van der Waals surface area contributed by atoms with E-state index in [0.29, 0.717) is 0 Å². The van der Waals surface area contributed by atoms with Gasteiger partial charge in [0.2, 0.25) is 0 Å². The molecular formula is C11H16BrNOS. The van der Waals surface area contributed by atoms with Crippen LogP contribution in [0.5, 0.6) is 0 Å². The van der Waals surface area contributed by atoms with Gasteiger partial charge in [0.1, 0.15) is 0 Å². The Morgan fingerprint density at radius 3 is 2.87 bits per heavy atom. The number of halogens is 1. The van der Waals surface area contributed by atoms with E-state index in [2.05, 4.69) is 39.2 Å². The minimum Gasteiger partial charge on any atom is -0.387 e. The second-order valence-corrected chi connectivity index (χ2v) is 6.17. The highest BCUT2D eigenvalue weighted by molar-refractivity contribution is 9.10. The summed E-state index contributed by atoms with van der Waals surface area (Å²) in [5, 5.41) is 12.1. The van der Waals surface area contributed by atoms with E-state index in [1.54, 1.807) is 11.3 Å². The van der Waals surface area contributed by atoms with E-state index < -0.39 is 5.60 Å². The first-order chi connectivity index (χ1) is 7.13. The molecule has 0 amide bonds. The van der Waals surface area contributed by atoms with Crippen molar-refractivity contribution >= 4 is 27.3 Å². The quantitative estimate of drug-likeness (QED) is 0.921. The first kappa shape index (κ1) is 11.6. The molecule has 0 atom stereocenters. The van der Waals surface area contributed by atoms with Crippen LogP contribution in [0.15, 0.2) is 15.9 Å². The molecule has 2 heterocycles. The smallest absolute Gasteiger partial charge is 0.0900 e. The first-order valence-electron chi connectivity index (χ1n) is 5.29. The van der Waals surface area contributed by atoms with Crippen LogP contribution in [-0.2, 0) is 6.54 Å².